The van der Waals surface area contributed by atoms with E-state index in [0.717, 1.165) is 25.8 Å². The number of nitrogens with two attached hydrogens (primary N) is 1. The summed E-state index contributed by atoms with van der Waals surface area (Å²) < 4.78 is 10.4. The van der Waals surface area contributed by atoms with E-state index in [1.54, 1.807) is 19.2 Å². The Hall–Kier alpha value is -1.91. The summed E-state index contributed by atoms with van der Waals surface area (Å²) in [6.45, 7) is 2.82. The summed E-state index contributed by atoms with van der Waals surface area (Å²) in [4.78, 5) is 14.6. The van der Waals surface area contributed by atoms with E-state index in [9.17, 15) is 4.79 Å². The van der Waals surface area contributed by atoms with Crippen LogP contribution in [0.5, 0.6) is 11.5 Å². The number of hydrogen-bond donors (Lipinski definition) is 1. The summed E-state index contributed by atoms with van der Waals surface area (Å²) in [6, 6.07) is 3.73. The van der Waals surface area contributed by atoms with Crippen molar-refractivity contribution in [1.82, 2.24) is 4.90 Å². The molecule has 0 unspecified atom stereocenters. The fraction of sp³-hybridized carbons (Fsp3) is 0.533. The van der Waals surface area contributed by atoms with Crippen LogP contribution in [0.2, 0.25) is 0 Å². The lowest BCUT2D eigenvalue weighted by atomic mass is 10.1. The minimum Gasteiger partial charge on any atom is -0.497 e. The molecular formula is C15H22N2O3. The number of amides is 1. The number of rotatable bonds is 6. The number of carbonyl (C=O) groups excluding carboxylic acids is 1. The number of methoxy groups -OCH3 is 2. The number of nitrogen functional groups attached to an aromatic ring is 1. The highest BCUT2D eigenvalue weighted by molar-refractivity contribution is 6.01. The van der Waals surface area contributed by atoms with Crippen molar-refractivity contribution < 1.29 is 14.3 Å². The fourth-order valence-electron chi connectivity index (χ4n) is 2.30. The Morgan fingerprint density at radius 3 is 2.55 bits per heavy atom. The molecule has 5 heteroatoms. The van der Waals surface area contributed by atoms with Crippen LogP contribution in [0.3, 0.4) is 0 Å². The lowest BCUT2D eigenvalue weighted by Crippen LogP contribution is -2.34. The summed E-state index contributed by atoms with van der Waals surface area (Å²) in [5.74, 6) is 1.01. The van der Waals surface area contributed by atoms with Crippen LogP contribution in [0.25, 0.3) is 0 Å². The van der Waals surface area contributed by atoms with Gasteiger partial charge in [0, 0.05) is 18.7 Å². The summed E-state index contributed by atoms with van der Waals surface area (Å²) in [6.07, 6.45) is 3.09. The van der Waals surface area contributed by atoms with E-state index in [1.165, 1.54) is 7.11 Å². The maximum Gasteiger partial charge on any atom is 0.256 e. The fourth-order valence-corrected chi connectivity index (χ4v) is 2.30. The van der Waals surface area contributed by atoms with Crippen LogP contribution in [-0.4, -0.2) is 37.6 Å². The quantitative estimate of drug-likeness (QED) is 0.811. The van der Waals surface area contributed by atoms with E-state index in [4.69, 9.17) is 15.2 Å². The second-order valence-electron chi connectivity index (χ2n) is 5.02. The minimum absolute atomic E-state index is 0.0379. The van der Waals surface area contributed by atoms with Gasteiger partial charge in [-0.3, -0.25) is 4.79 Å². The average molecular weight is 278 g/mol. The van der Waals surface area contributed by atoms with Gasteiger partial charge in [0.2, 0.25) is 0 Å². The molecule has 1 fully saturated rings. The van der Waals surface area contributed by atoms with E-state index in [0.29, 0.717) is 28.8 Å². The molecule has 1 aliphatic carbocycles. The first-order valence-electron chi connectivity index (χ1n) is 6.94. The number of carbonyl (C=O) groups is 1. The van der Waals surface area contributed by atoms with Crippen molar-refractivity contribution in [2.24, 2.45) is 0 Å². The maximum absolute atomic E-state index is 12.7. The Morgan fingerprint density at radius 1 is 1.35 bits per heavy atom. The van der Waals surface area contributed by atoms with Crippen molar-refractivity contribution >= 4 is 11.6 Å². The molecule has 0 spiro atoms. The Kier molecular flexibility index (Phi) is 4.37. The van der Waals surface area contributed by atoms with Gasteiger partial charge < -0.3 is 20.1 Å². The van der Waals surface area contributed by atoms with E-state index in [1.807, 2.05) is 4.90 Å². The molecule has 0 heterocycles. The molecule has 0 aliphatic heterocycles. The first-order chi connectivity index (χ1) is 9.62. The van der Waals surface area contributed by atoms with Crippen LogP contribution < -0.4 is 15.2 Å². The molecule has 2 rings (SSSR count). The molecule has 1 aliphatic rings. The molecule has 0 atom stereocenters. The average Bonchev–Trinajstić information content (AvgIpc) is 3.29. The third-order valence-corrected chi connectivity index (χ3v) is 3.51. The largest absolute Gasteiger partial charge is 0.497 e. The van der Waals surface area contributed by atoms with Gasteiger partial charge in [0.05, 0.1) is 25.5 Å². The highest BCUT2D eigenvalue weighted by atomic mass is 16.5. The summed E-state index contributed by atoms with van der Waals surface area (Å²) in [5, 5.41) is 0. The molecule has 5 nitrogen and oxygen atoms in total. The summed E-state index contributed by atoms with van der Waals surface area (Å²) >= 11 is 0. The molecule has 1 aromatic carbocycles. The van der Waals surface area contributed by atoms with Gasteiger partial charge in [-0.1, -0.05) is 6.92 Å². The smallest absolute Gasteiger partial charge is 0.256 e. The van der Waals surface area contributed by atoms with Gasteiger partial charge in [-0.15, -0.1) is 0 Å². The van der Waals surface area contributed by atoms with Crippen LogP contribution in [0.1, 0.15) is 36.5 Å². The number of nitrogens with zero attached hydrogens (tertiary/aromatic N) is 1. The SMILES string of the molecule is CCCN(C(=O)c1cc(OC)cc(OC)c1N)C1CC1. The van der Waals surface area contributed by atoms with Gasteiger partial charge in [-0.25, -0.2) is 0 Å². The zero-order valence-corrected chi connectivity index (χ0v) is 12.3. The lowest BCUT2D eigenvalue weighted by molar-refractivity contribution is 0.0743. The molecule has 0 aromatic heterocycles. The molecule has 1 saturated carbocycles. The molecular weight excluding hydrogens is 256 g/mol. The monoisotopic (exact) mass is 278 g/mol. The van der Waals surface area contributed by atoms with Crippen molar-refractivity contribution in [3.05, 3.63) is 17.7 Å². The lowest BCUT2D eigenvalue weighted by Gasteiger charge is -2.23. The molecule has 0 radical (unpaired) electrons. The van der Waals surface area contributed by atoms with E-state index < -0.39 is 0 Å². The highest BCUT2D eigenvalue weighted by Gasteiger charge is 2.33. The van der Waals surface area contributed by atoms with Crippen LogP contribution in [0.15, 0.2) is 12.1 Å². The molecule has 0 saturated heterocycles. The van der Waals surface area contributed by atoms with Crippen LogP contribution in [0.4, 0.5) is 5.69 Å². The third-order valence-electron chi connectivity index (χ3n) is 3.51. The predicted octanol–water partition coefficient (Wildman–Crippen LogP) is 2.30. The van der Waals surface area contributed by atoms with Gasteiger partial charge >= 0.3 is 0 Å². The van der Waals surface area contributed by atoms with Crippen molar-refractivity contribution in [3.63, 3.8) is 0 Å². The van der Waals surface area contributed by atoms with Gasteiger partial charge in [-0.05, 0) is 25.3 Å². The second-order valence-corrected chi connectivity index (χ2v) is 5.02. The number of anilines is 1. The Labute approximate surface area is 119 Å². The number of ether oxygens (including phenoxy) is 2. The van der Waals surface area contributed by atoms with Crippen LogP contribution in [-0.2, 0) is 0 Å². The summed E-state index contributed by atoms with van der Waals surface area (Å²) in [7, 11) is 3.09. The minimum atomic E-state index is -0.0379. The van der Waals surface area contributed by atoms with E-state index in [2.05, 4.69) is 6.92 Å². The molecule has 2 N–H and O–H groups in total. The predicted molar refractivity (Wildman–Crippen MR) is 78.3 cm³/mol. The van der Waals surface area contributed by atoms with E-state index >= 15 is 0 Å². The van der Waals surface area contributed by atoms with Crippen molar-refractivity contribution in [1.29, 1.82) is 0 Å². The number of benzene rings is 1. The molecule has 110 valence electrons. The van der Waals surface area contributed by atoms with Crippen molar-refractivity contribution in [2.75, 3.05) is 26.5 Å². The zero-order chi connectivity index (χ0) is 14.7. The standard InChI is InChI=1S/C15H22N2O3/c1-4-7-17(10-5-6-10)15(18)12-8-11(19-2)9-13(20-3)14(12)16/h8-10H,4-7,16H2,1-3H3. The highest BCUT2D eigenvalue weighted by Crippen LogP contribution is 2.34. The summed E-state index contributed by atoms with van der Waals surface area (Å²) in [5.41, 5.74) is 6.88. The van der Waals surface area contributed by atoms with Crippen molar-refractivity contribution in [2.45, 2.75) is 32.2 Å². The second kappa shape index (κ2) is 6.03. The Bertz CT molecular complexity index is 498. The van der Waals surface area contributed by atoms with Crippen LogP contribution >= 0.6 is 0 Å². The molecule has 0 bridgehead atoms. The maximum atomic E-state index is 12.7. The van der Waals surface area contributed by atoms with Gasteiger partial charge in [-0.2, -0.15) is 0 Å². The van der Waals surface area contributed by atoms with E-state index in [-0.39, 0.29) is 5.91 Å². The molecule has 20 heavy (non-hydrogen) atoms. The number of hydrogen-bond acceptors (Lipinski definition) is 4. The van der Waals surface area contributed by atoms with Crippen molar-refractivity contribution in [3.8, 4) is 11.5 Å². The Morgan fingerprint density at radius 2 is 2.05 bits per heavy atom. The first kappa shape index (κ1) is 14.5. The normalized spacial score (nSPS) is 13.9. The third kappa shape index (κ3) is 2.81. The van der Waals surface area contributed by atoms with Gasteiger partial charge in [0.25, 0.3) is 5.91 Å². The Balaban J connectivity index is 2.36. The van der Waals surface area contributed by atoms with Crippen LogP contribution in [0, 0.1) is 0 Å². The van der Waals surface area contributed by atoms with Gasteiger partial charge in [0.15, 0.2) is 0 Å². The molecule has 1 aromatic rings. The topological polar surface area (TPSA) is 64.8 Å². The zero-order valence-electron chi connectivity index (χ0n) is 12.3. The first-order valence-corrected chi connectivity index (χ1v) is 6.94. The molecule has 1 amide bonds. The van der Waals surface area contributed by atoms with Gasteiger partial charge in [0.1, 0.15) is 11.5 Å².